The van der Waals surface area contributed by atoms with Crippen molar-refractivity contribution in [2.24, 2.45) is 5.92 Å². The Morgan fingerprint density at radius 1 is 1.16 bits per heavy atom. The highest BCUT2D eigenvalue weighted by molar-refractivity contribution is 7.93. The van der Waals surface area contributed by atoms with Crippen molar-refractivity contribution in [3.8, 4) is 11.1 Å². The molecule has 0 aliphatic heterocycles. The monoisotopic (exact) mass is 437 g/mol. The molecule has 1 saturated carbocycles. The van der Waals surface area contributed by atoms with Gasteiger partial charge in [0.15, 0.2) is 9.84 Å². The molecule has 31 heavy (non-hydrogen) atoms. The Morgan fingerprint density at radius 2 is 1.84 bits per heavy atom. The average molecular weight is 438 g/mol. The molecule has 0 bridgehead atoms. The lowest BCUT2D eigenvalue weighted by atomic mass is 9.95. The van der Waals surface area contributed by atoms with Gasteiger partial charge in [-0.15, -0.1) is 0 Å². The fourth-order valence-corrected chi connectivity index (χ4v) is 4.14. The first-order valence-corrected chi connectivity index (χ1v) is 12.4. The van der Waals surface area contributed by atoms with Gasteiger partial charge in [-0.25, -0.2) is 18.4 Å². The van der Waals surface area contributed by atoms with Crippen molar-refractivity contribution < 1.29 is 8.42 Å². The Kier molecular flexibility index (Phi) is 5.33. The van der Waals surface area contributed by atoms with Crippen molar-refractivity contribution in [2.75, 3.05) is 6.26 Å². The second-order valence-electron chi connectivity index (χ2n) is 9.31. The summed E-state index contributed by atoms with van der Waals surface area (Å²) in [6, 6.07) is 9.49. The van der Waals surface area contributed by atoms with E-state index in [1.807, 2.05) is 57.3 Å². The standard InChI is InChI=1S/C24H27N3O3S/c1-24(2,3)23-25-14-18-21(26-23)19(16-8-6-5-7-9-16)15-27(22(18)28)20(17-10-11-17)12-13-31(4,29)30/h5-9,12-15,17,20H,10-11H2,1-4H3/b13-12+/t20-/m1/s1. The SMILES string of the molecule is CC(C)(C)c1ncc2c(=O)n([C@H](/C=C/S(C)(=O)=O)C3CC3)cc(-c3ccccc3)c2n1. The summed E-state index contributed by atoms with van der Waals surface area (Å²) in [6.45, 7) is 6.12. The Balaban J connectivity index is 2.01. The maximum Gasteiger partial charge on any atom is 0.262 e. The molecule has 7 heteroatoms. The highest BCUT2D eigenvalue weighted by atomic mass is 32.2. The van der Waals surface area contributed by atoms with E-state index >= 15 is 0 Å². The molecule has 0 saturated heterocycles. The molecule has 0 radical (unpaired) electrons. The molecule has 1 atom stereocenters. The van der Waals surface area contributed by atoms with Crippen LogP contribution in [0.15, 0.2) is 59.0 Å². The second kappa shape index (κ2) is 7.71. The van der Waals surface area contributed by atoms with Gasteiger partial charge < -0.3 is 4.57 Å². The van der Waals surface area contributed by atoms with E-state index < -0.39 is 9.84 Å². The van der Waals surface area contributed by atoms with Crippen LogP contribution in [0.4, 0.5) is 0 Å². The maximum atomic E-state index is 13.5. The summed E-state index contributed by atoms with van der Waals surface area (Å²) >= 11 is 0. The van der Waals surface area contributed by atoms with Crippen LogP contribution in [0, 0.1) is 5.92 Å². The molecular formula is C24H27N3O3S. The molecule has 0 spiro atoms. The number of pyridine rings is 1. The lowest BCUT2D eigenvalue weighted by molar-refractivity contribution is 0.523. The molecule has 1 fully saturated rings. The molecule has 2 aromatic heterocycles. The molecule has 3 aromatic rings. The van der Waals surface area contributed by atoms with Gasteiger partial charge in [0.2, 0.25) is 0 Å². The van der Waals surface area contributed by atoms with Gasteiger partial charge in [-0.1, -0.05) is 57.2 Å². The minimum atomic E-state index is -3.29. The Labute approximate surface area is 182 Å². The number of sulfone groups is 1. The van der Waals surface area contributed by atoms with Crippen molar-refractivity contribution in [1.82, 2.24) is 14.5 Å². The minimum absolute atomic E-state index is 0.204. The van der Waals surface area contributed by atoms with Crippen LogP contribution in [0.1, 0.15) is 45.5 Å². The largest absolute Gasteiger partial charge is 0.307 e. The molecule has 0 unspecified atom stereocenters. The van der Waals surface area contributed by atoms with Gasteiger partial charge in [-0.05, 0) is 24.3 Å². The van der Waals surface area contributed by atoms with E-state index in [1.54, 1.807) is 16.8 Å². The fraction of sp³-hybridized carbons (Fsp3) is 0.375. The minimum Gasteiger partial charge on any atom is -0.307 e. The van der Waals surface area contributed by atoms with Gasteiger partial charge in [0.1, 0.15) is 5.82 Å². The lowest BCUT2D eigenvalue weighted by Crippen LogP contribution is -2.26. The van der Waals surface area contributed by atoms with E-state index in [4.69, 9.17) is 4.98 Å². The number of fused-ring (bicyclic) bond motifs is 1. The molecule has 162 valence electrons. The summed E-state index contributed by atoms with van der Waals surface area (Å²) in [5.74, 6) is 0.914. The first-order chi connectivity index (χ1) is 14.5. The van der Waals surface area contributed by atoms with E-state index in [0.717, 1.165) is 30.2 Å². The first-order valence-electron chi connectivity index (χ1n) is 10.4. The Morgan fingerprint density at radius 3 is 2.42 bits per heavy atom. The maximum absolute atomic E-state index is 13.5. The number of rotatable bonds is 5. The van der Waals surface area contributed by atoms with Crippen LogP contribution >= 0.6 is 0 Å². The summed E-state index contributed by atoms with van der Waals surface area (Å²) in [7, 11) is -3.29. The number of aromatic nitrogens is 3. The summed E-state index contributed by atoms with van der Waals surface area (Å²) in [4.78, 5) is 22.7. The van der Waals surface area contributed by atoms with Gasteiger partial charge in [0.05, 0.1) is 16.9 Å². The zero-order valence-corrected chi connectivity index (χ0v) is 19.1. The van der Waals surface area contributed by atoms with E-state index in [1.165, 1.54) is 5.41 Å². The predicted molar refractivity (Wildman–Crippen MR) is 124 cm³/mol. The molecule has 1 aliphatic rings. The third kappa shape index (κ3) is 4.61. The first kappa shape index (κ1) is 21.4. The molecule has 0 N–H and O–H groups in total. The van der Waals surface area contributed by atoms with Crippen molar-refractivity contribution in [1.29, 1.82) is 0 Å². The van der Waals surface area contributed by atoms with Crippen molar-refractivity contribution in [3.63, 3.8) is 0 Å². The van der Waals surface area contributed by atoms with Crippen molar-refractivity contribution in [2.45, 2.75) is 45.1 Å². The van der Waals surface area contributed by atoms with E-state index in [-0.39, 0.29) is 22.9 Å². The zero-order valence-electron chi connectivity index (χ0n) is 18.2. The van der Waals surface area contributed by atoms with Gasteiger partial charge >= 0.3 is 0 Å². The summed E-state index contributed by atoms with van der Waals surface area (Å²) < 4.78 is 25.1. The third-order valence-corrected chi connectivity index (χ3v) is 6.13. The van der Waals surface area contributed by atoms with E-state index in [9.17, 15) is 13.2 Å². The van der Waals surface area contributed by atoms with Crippen LogP contribution in [-0.4, -0.2) is 29.2 Å². The van der Waals surface area contributed by atoms with Gasteiger partial charge in [0.25, 0.3) is 5.56 Å². The van der Waals surface area contributed by atoms with Crippen LogP contribution in [0.25, 0.3) is 22.0 Å². The molecule has 1 aliphatic carbocycles. The average Bonchev–Trinajstić information content (AvgIpc) is 3.53. The summed E-state index contributed by atoms with van der Waals surface area (Å²) in [5.41, 5.74) is 1.94. The zero-order chi connectivity index (χ0) is 22.4. The molecule has 0 amide bonds. The fourth-order valence-electron chi connectivity index (χ4n) is 3.69. The summed E-state index contributed by atoms with van der Waals surface area (Å²) in [5, 5.41) is 1.64. The number of allylic oxidation sites excluding steroid dienone is 1. The molecule has 6 nitrogen and oxygen atoms in total. The molecule has 1 aromatic carbocycles. The predicted octanol–water partition coefficient (Wildman–Crippen LogP) is 4.27. The highest BCUT2D eigenvalue weighted by Gasteiger charge is 2.32. The quantitative estimate of drug-likeness (QED) is 0.595. The smallest absolute Gasteiger partial charge is 0.262 e. The van der Waals surface area contributed by atoms with Crippen LogP contribution in [0.3, 0.4) is 0 Å². The van der Waals surface area contributed by atoms with Crippen LogP contribution in [0.2, 0.25) is 0 Å². The summed E-state index contributed by atoms with van der Waals surface area (Å²) in [6.07, 6.45) is 8.16. The van der Waals surface area contributed by atoms with Gasteiger partial charge in [0, 0.05) is 35.0 Å². The Bertz CT molecular complexity index is 1320. The van der Waals surface area contributed by atoms with Crippen LogP contribution < -0.4 is 5.56 Å². The van der Waals surface area contributed by atoms with E-state index in [0.29, 0.717) is 16.7 Å². The molecule has 4 rings (SSSR count). The third-order valence-electron chi connectivity index (χ3n) is 5.48. The molecule has 2 heterocycles. The number of benzene rings is 1. The van der Waals surface area contributed by atoms with Crippen molar-refractivity contribution >= 4 is 20.7 Å². The topological polar surface area (TPSA) is 81.9 Å². The van der Waals surface area contributed by atoms with Gasteiger partial charge in [-0.2, -0.15) is 0 Å². The van der Waals surface area contributed by atoms with Crippen molar-refractivity contribution in [3.05, 3.63) is 70.4 Å². The van der Waals surface area contributed by atoms with E-state index in [2.05, 4.69) is 4.98 Å². The second-order valence-corrected chi connectivity index (χ2v) is 11.2. The van der Waals surface area contributed by atoms with Crippen LogP contribution in [0.5, 0.6) is 0 Å². The highest BCUT2D eigenvalue weighted by Crippen LogP contribution is 2.41. The normalized spacial score (nSPS) is 16.1. The Hall–Kier alpha value is -2.80. The van der Waals surface area contributed by atoms with Gasteiger partial charge in [-0.3, -0.25) is 4.79 Å². The number of hydrogen-bond acceptors (Lipinski definition) is 5. The number of nitrogens with zero attached hydrogens (tertiary/aromatic N) is 3. The lowest BCUT2D eigenvalue weighted by Gasteiger charge is -2.21. The van der Waals surface area contributed by atoms with Crippen LogP contribution in [-0.2, 0) is 15.3 Å². The molecular weight excluding hydrogens is 410 g/mol. The number of hydrogen-bond donors (Lipinski definition) is 0.